The summed E-state index contributed by atoms with van der Waals surface area (Å²) >= 11 is 6.21. The SMILES string of the molecule is CC1(C)CC2CCC1([SiH2]Cl)C2. The lowest BCUT2D eigenvalue weighted by molar-refractivity contribution is 0.231. The van der Waals surface area contributed by atoms with Gasteiger partial charge in [0.1, 0.15) is 8.83 Å². The first-order chi connectivity index (χ1) is 5.10. The third-order valence-electron chi connectivity index (χ3n) is 4.20. The molecular weight excluding hydrogens is 172 g/mol. The molecule has 0 heterocycles. The number of rotatable bonds is 1. The van der Waals surface area contributed by atoms with Crippen molar-refractivity contribution in [3.8, 4) is 0 Å². The Morgan fingerprint density at radius 2 is 2.09 bits per heavy atom. The van der Waals surface area contributed by atoms with Crippen LogP contribution in [-0.2, 0) is 0 Å². The summed E-state index contributed by atoms with van der Waals surface area (Å²) in [6.45, 7) is 4.86. The first kappa shape index (κ1) is 8.12. The summed E-state index contributed by atoms with van der Waals surface area (Å²) in [5.74, 6) is 1.04. The fourth-order valence-electron chi connectivity index (χ4n) is 3.27. The Kier molecular flexibility index (Phi) is 1.67. The van der Waals surface area contributed by atoms with E-state index in [2.05, 4.69) is 13.8 Å². The van der Waals surface area contributed by atoms with E-state index in [0.717, 1.165) is 5.92 Å². The number of halogens is 1. The minimum absolute atomic E-state index is 0.307. The van der Waals surface area contributed by atoms with Gasteiger partial charge >= 0.3 is 0 Å². The number of hydrogen-bond acceptors (Lipinski definition) is 0. The van der Waals surface area contributed by atoms with Crippen molar-refractivity contribution >= 4 is 19.9 Å². The van der Waals surface area contributed by atoms with Crippen LogP contribution in [-0.4, -0.2) is 8.83 Å². The minimum Gasteiger partial charge on any atom is -0.176 e. The van der Waals surface area contributed by atoms with E-state index in [4.69, 9.17) is 11.1 Å². The normalized spacial score (nSPS) is 47.7. The Hall–Kier alpha value is 0.507. The maximum Gasteiger partial charge on any atom is 0.132 e. The van der Waals surface area contributed by atoms with Crippen molar-refractivity contribution in [2.45, 2.75) is 44.6 Å². The summed E-state index contributed by atoms with van der Waals surface area (Å²) in [5.41, 5.74) is 0.587. The van der Waals surface area contributed by atoms with Gasteiger partial charge in [-0.25, -0.2) is 0 Å². The predicted octanol–water partition coefficient (Wildman–Crippen LogP) is 2.70. The fourth-order valence-corrected chi connectivity index (χ4v) is 6.44. The van der Waals surface area contributed by atoms with Crippen LogP contribution in [0.4, 0.5) is 0 Å². The fraction of sp³-hybridized carbons (Fsp3) is 1.00. The average Bonchev–Trinajstić information content (AvgIpc) is 2.41. The monoisotopic (exact) mass is 188 g/mol. The zero-order valence-corrected chi connectivity index (χ0v) is 9.66. The summed E-state index contributed by atoms with van der Waals surface area (Å²) < 4.78 is 0. The van der Waals surface area contributed by atoms with Gasteiger partial charge < -0.3 is 0 Å². The van der Waals surface area contributed by atoms with Gasteiger partial charge in [0.05, 0.1) is 0 Å². The van der Waals surface area contributed by atoms with Crippen LogP contribution in [0.3, 0.4) is 0 Å². The van der Waals surface area contributed by atoms with Gasteiger partial charge in [-0.15, -0.1) is 0 Å². The van der Waals surface area contributed by atoms with Crippen LogP contribution in [0, 0.1) is 11.3 Å². The molecule has 2 rings (SSSR count). The van der Waals surface area contributed by atoms with Crippen LogP contribution in [0.25, 0.3) is 0 Å². The van der Waals surface area contributed by atoms with Gasteiger partial charge in [-0.05, 0) is 35.6 Å². The third kappa shape index (κ3) is 0.936. The van der Waals surface area contributed by atoms with Crippen LogP contribution in [0.2, 0.25) is 5.04 Å². The van der Waals surface area contributed by atoms with Crippen molar-refractivity contribution < 1.29 is 0 Å². The molecule has 0 N–H and O–H groups in total. The van der Waals surface area contributed by atoms with Gasteiger partial charge in [-0.1, -0.05) is 20.3 Å². The first-order valence-electron chi connectivity index (χ1n) is 4.66. The van der Waals surface area contributed by atoms with Crippen LogP contribution in [0.1, 0.15) is 39.5 Å². The highest BCUT2D eigenvalue weighted by molar-refractivity contribution is 6.95. The summed E-state index contributed by atoms with van der Waals surface area (Å²) in [6.07, 6.45) is 5.84. The lowest BCUT2D eigenvalue weighted by atomic mass is 9.76. The molecule has 2 aliphatic rings. The van der Waals surface area contributed by atoms with E-state index in [-0.39, 0.29) is 8.83 Å². The van der Waals surface area contributed by atoms with E-state index in [1.807, 2.05) is 0 Å². The molecule has 64 valence electrons. The molecule has 2 unspecified atom stereocenters. The molecule has 0 aliphatic heterocycles. The van der Waals surface area contributed by atoms with Crippen LogP contribution < -0.4 is 0 Å². The second-order valence-corrected chi connectivity index (χ2v) is 7.53. The average molecular weight is 189 g/mol. The molecular formula is C9H17ClSi. The van der Waals surface area contributed by atoms with E-state index in [0.29, 0.717) is 10.5 Å². The van der Waals surface area contributed by atoms with Crippen molar-refractivity contribution in [3.05, 3.63) is 0 Å². The molecule has 0 aromatic heterocycles. The second kappa shape index (κ2) is 2.26. The van der Waals surface area contributed by atoms with Crippen LogP contribution in [0.15, 0.2) is 0 Å². The van der Waals surface area contributed by atoms with E-state index in [9.17, 15) is 0 Å². The molecule has 2 saturated carbocycles. The van der Waals surface area contributed by atoms with Crippen molar-refractivity contribution in [1.29, 1.82) is 0 Å². The number of fused-ring (bicyclic) bond motifs is 2. The van der Waals surface area contributed by atoms with Gasteiger partial charge in [-0.2, -0.15) is 11.1 Å². The summed E-state index contributed by atoms with van der Waals surface area (Å²) in [6, 6.07) is 0. The Labute approximate surface area is 76.2 Å². The minimum atomic E-state index is -0.307. The molecule has 2 aliphatic carbocycles. The van der Waals surface area contributed by atoms with Crippen molar-refractivity contribution in [3.63, 3.8) is 0 Å². The van der Waals surface area contributed by atoms with Gasteiger partial charge in [0.15, 0.2) is 0 Å². The molecule has 0 radical (unpaired) electrons. The van der Waals surface area contributed by atoms with Gasteiger partial charge in [0, 0.05) is 0 Å². The Morgan fingerprint density at radius 1 is 1.36 bits per heavy atom. The van der Waals surface area contributed by atoms with Gasteiger partial charge in [-0.3, -0.25) is 0 Å². The summed E-state index contributed by atoms with van der Waals surface area (Å²) in [5, 5.41) is 0.652. The first-order valence-corrected chi connectivity index (χ1v) is 7.50. The lowest BCUT2D eigenvalue weighted by Gasteiger charge is -2.40. The molecule has 11 heavy (non-hydrogen) atoms. The third-order valence-corrected chi connectivity index (χ3v) is 7.85. The molecule has 0 nitrogen and oxygen atoms in total. The molecule has 0 aromatic carbocycles. The highest BCUT2D eigenvalue weighted by Crippen LogP contribution is 2.68. The van der Waals surface area contributed by atoms with Crippen molar-refractivity contribution in [2.24, 2.45) is 11.3 Å². The summed E-state index contributed by atoms with van der Waals surface area (Å²) in [4.78, 5) is 0. The summed E-state index contributed by atoms with van der Waals surface area (Å²) in [7, 11) is -0.307. The molecule has 0 amide bonds. The maximum atomic E-state index is 6.21. The number of hydrogen-bond donors (Lipinski definition) is 0. The largest absolute Gasteiger partial charge is 0.176 e. The van der Waals surface area contributed by atoms with Gasteiger partial charge in [0.25, 0.3) is 0 Å². The molecule has 2 bridgehead atoms. The Balaban J connectivity index is 2.29. The molecule has 2 atom stereocenters. The topological polar surface area (TPSA) is 0 Å². The maximum absolute atomic E-state index is 6.21. The quantitative estimate of drug-likeness (QED) is 0.439. The Bertz CT molecular complexity index is 178. The van der Waals surface area contributed by atoms with Crippen LogP contribution >= 0.6 is 11.1 Å². The van der Waals surface area contributed by atoms with E-state index < -0.39 is 0 Å². The molecule has 2 fully saturated rings. The molecule has 0 saturated heterocycles. The highest BCUT2D eigenvalue weighted by atomic mass is 35.6. The zero-order chi connectivity index (χ0) is 8.11. The highest BCUT2D eigenvalue weighted by Gasteiger charge is 2.55. The van der Waals surface area contributed by atoms with E-state index in [1.54, 1.807) is 0 Å². The van der Waals surface area contributed by atoms with E-state index >= 15 is 0 Å². The molecule has 0 spiro atoms. The second-order valence-electron chi connectivity index (χ2n) is 5.11. The van der Waals surface area contributed by atoms with Crippen molar-refractivity contribution in [1.82, 2.24) is 0 Å². The van der Waals surface area contributed by atoms with Crippen molar-refractivity contribution in [2.75, 3.05) is 0 Å². The van der Waals surface area contributed by atoms with E-state index in [1.165, 1.54) is 25.7 Å². The smallest absolute Gasteiger partial charge is 0.132 e. The molecule has 2 heteroatoms. The zero-order valence-electron chi connectivity index (χ0n) is 7.49. The Morgan fingerprint density at radius 3 is 2.36 bits per heavy atom. The molecule has 0 aromatic rings. The lowest BCUT2D eigenvalue weighted by Crippen LogP contribution is -2.29. The predicted molar refractivity (Wildman–Crippen MR) is 52.8 cm³/mol. The van der Waals surface area contributed by atoms with Crippen LogP contribution in [0.5, 0.6) is 0 Å². The van der Waals surface area contributed by atoms with Gasteiger partial charge in [0.2, 0.25) is 0 Å². The standard InChI is InChI=1S/C9H17ClSi/c1-8(2)5-7-3-4-9(8,6-7)11-10/h7H,3-6,11H2,1-2H3.